The first-order valence-corrected chi connectivity index (χ1v) is 23.9. The number of hydrogen-bond acceptors (Lipinski definition) is 4. The molecule has 0 amide bonds. The number of fused-ring (bicyclic) bond motifs is 6. The molecule has 0 aliphatic rings. The standard InChI is InChI=1S/C66H46N4/c1-5-19-47-39-51(35-31-43(47)15-1)67-61-29-13-27-59(65(61)69-53-37-33-45-17-3-7-21-49(45)41-53)63-55-23-9-11-25-57(55)64(58-26-12-10-24-56(58)63)60-28-14-30-62(68-52-36-32-44-16-2-6-20-48(44)40-52)66(60)70-54-38-34-46-18-4-8-22-50(46)42-54/h1-42,67-70H. The third-order valence-electron chi connectivity index (χ3n) is 13.7. The molecular formula is C66H46N4. The van der Waals surface area contributed by atoms with Gasteiger partial charge >= 0.3 is 0 Å². The van der Waals surface area contributed by atoms with Gasteiger partial charge in [0.2, 0.25) is 0 Å². The van der Waals surface area contributed by atoms with Crippen molar-refractivity contribution in [2.75, 3.05) is 21.3 Å². The van der Waals surface area contributed by atoms with Gasteiger partial charge in [-0.3, -0.25) is 0 Å². The van der Waals surface area contributed by atoms with Crippen LogP contribution in [-0.2, 0) is 0 Å². The van der Waals surface area contributed by atoms with Gasteiger partial charge in [-0.1, -0.05) is 194 Å². The van der Waals surface area contributed by atoms with Crippen LogP contribution in [0.25, 0.3) is 86.9 Å². The Morgan fingerprint density at radius 1 is 0.200 bits per heavy atom. The van der Waals surface area contributed by atoms with Gasteiger partial charge in [0.15, 0.2) is 0 Å². The van der Waals surface area contributed by atoms with E-state index in [2.05, 4.69) is 276 Å². The molecule has 0 unspecified atom stereocenters. The van der Waals surface area contributed by atoms with Gasteiger partial charge in [-0.25, -0.2) is 0 Å². The van der Waals surface area contributed by atoms with Gasteiger partial charge in [0, 0.05) is 33.9 Å². The molecule has 0 aliphatic heterocycles. The summed E-state index contributed by atoms with van der Waals surface area (Å²) in [7, 11) is 0. The molecule has 70 heavy (non-hydrogen) atoms. The third kappa shape index (κ3) is 7.54. The molecule has 4 heteroatoms. The maximum atomic E-state index is 3.97. The Morgan fingerprint density at radius 2 is 0.471 bits per heavy atom. The Morgan fingerprint density at radius 3 is 0.786 bits per heavy atom. The van der Waals surface area contributed by atoms with E-state index in [1.165, 1.54) is 43.1 Å². The van der Waals surface area contributed by atoms with Crippen molar-refractivity contribution in [3.8, 4) is 22.3 Å². The average Bonchev–Trinajstić information content (AvgIpc) is 3.41. The van der Waals surface area contributed by atoms with Crippen LogP contribution in [0.2, 0.25) is 0 Å². The second-order valence-electron chi connectivity index (χ2n) is 18.0. The van der Waals surface area contributed by atoms with Gasteiger partial charge in [-0.2, -0.15) is 0 Å². The Kier molecular flexibility index (Phi) is 10.1. The first-order valence-electron chi connectivity index (χ1n) is 23.9. The summed E-state index contributed by atoms with van der Waals surface area (Å²) in [4.78, 5) is 0. The molecule has 13 aromatic carbocycles. The van der Waals surface area contributed by atoms with Crippen LogP contribution in [-0.4, -0.2) is 0 Å². The van der Waals surface area contributed by atoms with Gasteiger partial charge in [-0.05, 0) is 136 Å². The Balaban J connectivity index is 1.03. The number of hydrogen-bond donors (Lipinski definition) is 4. The van der Waals surface area contributed by atoms with Crippen molar-refractivity contribution in [1.82, 2.24) is 0 Å². The zero-order valence-corrected chi connectivity index (χ0v) is 38.2. The van der Waals surface area contributed by atoms with Crippen LogP contribution in [0.3, 0.4) is 0 Å². The molecule has 13 rings (SSSR count). The van der Waals surface area contributed by atoms with Crippen molar-refractivity contribution in [2.45, 2.75) is 0 Å². The fourth-order valence-electron chi connectivity index (χ4n) is 10.4. The summed E-state index contributed by atoms with van der Waals surface area (Å²) < 4.78 is 0. The van der Waals surface area contributed by atoms with Crippen LogP contribution in [0.5, 0.6) is 0 Å². The SMILES string of the molecule is c1cc(Nc2ccc3ccccc3c2)c(Nc2ccc3ccccc3c2)c(-c2c3ccccc3c(-c3cccc(Nc4ccc5ccccc5c4)c3Nc3ccc4ccccc4c3)c3ccccc23)c1. The van der Waals surface area contributed by atoms with Crippen LogP contribution >= 0.6 is 0 Å². The van der Waals surface area contributed by atoms with E-state index in [0.29, 0.717) is 0 Å². The zero-order chi connectivity index (χ0) is 46.4. The highest BCUT2D eigenvalue weighted by molar-refractivity contribution is 6.24. The van der Waals surface area contributed by atoms with Gasteiger partial charge < -0.3 is 21.3 Å². The smallest absolute Gasteiger partial charge is 0.0703 e. The van der Waals surface area contributed by atoms with Crippen molar-refractivity contribution in [3.63, 3.8) is 0 Å². The molecule has 0 saturated carbocycles. The van der Waals surface area contributed by atoms with Crippen molar-refractivity contribution in [1.29, 1.82) is 0 Å². The Hall–Kier alpha value is -9.38. The minimum Gasteiger partial charge on any atom is -0.354 e. The van der Waals surface area contributed by atoms with E-state index in [0.717, 1.165) is 89.3 Å². The first kappa shape index (κ1) is 40.9. The number of anilines is 8. The fraction of sp³-hybridized carbons (Fsp3) is 0. The highest BCUT2D eigenvalue weighted by atomic mass is 15.0. The van der Waals surface area contributed by atoms with Crippen molar-refractivity contribution in [2.24, 2.45) is 0 Å². The summed E-state index contributed by atoms with van der Waals surface area (Å²) in [5.74, 6) is 0. The van der Waals surface area contributed by atoms with Gasteiger partial charge in [0.25, 0.3) is 0 Å². The highest BCUT2D eigenvalue weighted by Gasteiger charge is 2.23. The maximum absolute atomic E-state index is 3.97. The van der Waals surface area contributed by atoms with E-state index >= 15 is 0 Å². The molecule has 4 N–H and O–H groups in total. The summed E-state index contributed by atoms with van der Waals surface area (Å²) in [6.45, 7) is 0. The van der Waals surface area contributed by atoms with E-state index < -0.39 is 0 Å². The zero-order valence-electron chi connectivity index (χ0n) is 38.2. The second-order valence-corrected chi connectivity index (χ2v) is 18.0. The molecule has 0 atom stereocenters. The number of rotatable bonds is 10. The summed E-state index contributed by atoms with van der Waals surface area (Å²) in [6, 6.07) is 91.6. The van der Waals surface area contributed by atoms with Crippen molar-refractivity contribution < 1.29 is 0 Å². The lowest BCUT2D eigenvalue weighted by atomic mass is 9.84. The Labute approximate surface area is 406 Å². The first-order chi connectivity index (χ1) is 34.7. The predicted molar refractivity (Wildman–Crippen MR) is 301 cm³/mol. The number of benzene rings is 13. The molecule has 4 nitrogen and oxygen atoms in total. The molecule has 0 spiro atoms. The van der Waals surface area contributed by atoms with Crippen molar-refractivity contribution >= 4 is 110 Å². The second kappa shape index (κ2) is 17.4. The van der Waals surface area contributed by atoms with Crippen LogP contribution in [0.1, 0.15) is 0 Å². The number of para-hydroxylation sites is 2. The minimum absolute atomic E-state index is 0.979. The Bertz CT molecular complexity index is 3830. The third-order valence-corrected chi connectivity index (χ3v) is 13.7. The molecule has 13 aromatic rings. The van der Waals surface area contributed by atoms with Gasteiger partial charge in [-0.15, -0.1) is 0 Å². The molecule has 0 bridgehead atoms. The fourth-order valence-corrected chi connectivity index (χ4v) is 10.4. The summed E-state index contributed by atoms with van der Waals surface area (Å²) in [6.07, 6.45) is 0. The van der Waals surface area contributed by atoms with Gasteiger partial charge in [0.05, 0.1) is 22.7 Å². The van der Waals surface area contributed by atoms with E-state index in [-0.39, 0.29) is 0 Å². The predicted octanol–water partition coefficient (Wildman–Crippen LogP) is 18.9. The monoisotopic (exact) mass is 894 g/mol. The molecular weight excluding hydrogens is 849 g/mol. The number of nitrogens with one attached hydrogen (secondary N) is 4. The summed E-state index contributed by atoms with van der Waals surface area (Å²) in [5, 5.41) is 29.9. The van der Waals surface area contributed by atoms with E-state index in [9.17, 15) is 0 Å². The van der Waals surface area contributed by atoms with Crippen LogP contribution in [0, 0.1) is 0 Å². The molecule has 0 radical (unpaired) electrons. The lowest BCUT2D eigenvalue weighted by molar-refractivity contribution is 1.51. The maximum Gasteiger partial charge on any atom is 0.0703 e. The highest BCUT2D eigenvalue weighted by Crippen LogP contribution is 2.50. The molecule has 0 heterocycles. The van der Waals surface area contributed by atoms with Crippen LogP contribution < -0.4 is 21.3 Å². The van der Waals surface area contributed by atoms with Crippen LogP contribution in [0.15, 0.2) is 255 Å². The van der Waals surface area contributed by atoms with E-state index in [1.807, 2.05) is 0 Å². The lowest BCUT2D eigenvalue weighted by Crippen LogP contribution is -2.02. The van der Waals surface area contributed by atoms with Gasteiger partial charge in [0.1, 0.15) is 0 Å². The quantitative estimate of drug-likeness (QED) is 0.103. The normalized spacial score (nSPS) is 11.4. The van der Waals surface area contributed by atoms with Crippen molar-refractivity contribution in [3.05, 3.63) is 255 Å². The molecule has 0 saturated heterocycles. The summed E-state index contributed by atoms with van der Waals surface area (Å²) >= 11 is 0. The lowest BCUT2D eigenvalue weighted by Gasteiger charge is -2.24. The topological polar surface area (TPSA) is 48.1 Å². The average molecular weight is 895 g/mol. The molecule has 0 fully saturated rings. The van der Waals surface area contributed by atoms with E-state index in [4.69, 9.17) is 0 Å². The van der Waals surface area contributed by atoms with E-state index in [1.54, 1.807) is 0 Å². The minimum atomic E-state index is 0.979. The molecule has 0 aromatic heterocycles. The largest absolute Gasteiger partial charge is 0.354 e. The summed E-state index contributed by atoms with van der Waals surface area (Å²) in [5.41, 5.74) is 12.5. The van der Waals surface area contributed by atoms with Crippen LogP contribution in [0.4, 0.5) is 45.5 Å². The molecule has 0 aliphatic carbocycles. The molecule has 330 valence electrons.